The predicted molar refractivity (Wildman–Crippen MR) is 64.8 cm³/mol. The molecule has 0 spiro atoms. The number of imidazole rings is 1. The number of halogens is 2. The number of nitrogens with zero attached hydrogens (tertiary/aromatic N) is 1. The van der Waals surface area contributed by atoms with Crippen LogP contribution in [0.3, 0.4) is 0 Å². The third-order valence-corrected chi connectivity index (χ3v) is 2.95. The normalized spacial score (nSPS) is 10.3. The van der Waals surface area contributed by atoms with E-state index in [-0.39, 0.29) is 0 Å². The van der Waals surface area contributed by atoms with E-state index < -0.39 is 0 Å². The van der Waals surface area contributed by atoms with Crippen LogP contribution in [0.25, 0.3) is 11.3 Å². The lowest BCUT2D eigenvalue weighted by atomic mass is 10.2. The Labute approximate surface area is 103 Å². The lowest BCUT2D eigenvalue weighted by Gasteiger charge is -1.97. The Morgan fingerprint density at radius 1 is 1.33 bits per heavy atom. The van der Waals surface area contributed by atoms with Gasteiger partial charge in [-0.05, 0) is 28.1 Å². The van der Waals surface area contributed by atoms with Gasteiger partial charge in [-0.1, -0.05) is 28.1 Å². The molecule has 0 aliphatic rings. The second-order valence-electron chi connectivity index (χ2n) is 2.91. The summed E-state index contributed by atoms with van der Waals surface area (Å²) in [6.45, 7) is 0. The van der Waals surface area contributed by atoms with Crippen molar-refractivity contribution in [3.63, 3.8) is 0 Å². The molecule has 2 rings (SSSR count). The fourth-order valence-electron chi connectivity index (χ4n) is 1.25. The molecule has 15 heavy (non-hydrogen) atoms. The molecule has 0 fully saturated rings. The minimum absolute atomic E-state index is 0.317. The first kappa shape index (κ1) is 10.6. The molecular formula is C10H6Br2N2O. The van der Waals surface area contributed by atoms with Crippen LogP contribution >= 0.6 is 31.9 Å². The third-order valence-electron chi connectivity index (χ3n) is 1.89. The number of aldehydes is 1. The standard InChI is InChI=1S/C10H6Br2N2O/c11-7-3-1-2-6(4-7)9-10(12)14-8(5-15)13-9/h1-5H,(H,13,14). The Balaban J connectivity index is 2.53. The van der Waals surface area contributed by atoms with E-state index in [4.69, 9.17) is 0 Å². The monoisotopic (exact) mass is 328 g/mol. The SMILES string of the molecule is O=Cc1nc(-c2cccc(Br)c2)c(Br)[nH]1. The van der Waals surface area contributed by atoms with Crippen molar-refractivity contribution in [3.05, 3.63) is 39.2 Å². The number of H-pyrrole nitrogens is 1. The van der Waals surface area contributed by atoms with Crippen LogP contribution in [0.2, 0.25) is 0 Å². The summed E-state index contributed by atoms with van der Waals surface area (Å²) < 4.78 is 1.69. The average molecular weight is 330 g/mol. The van der Waals surface area contributed by atoms with E-state index in [0.29, 0.717) is 16.7 Å². The first-order chi connectivity index (χ1) is 7.20. The average Bonchev–Trinajstić information content (AvgIpc) is 2.60. The summed E-state index contributed by atoms with van der Waals surface area (Å²) in [6.07, 6.45) is 0.687. The Hall–Kier alpha value is -0.940. The van der Waals surface area contributed by atoms with Crippen LogP contribution in [0.5, 0.6) is 0 Å². The largest absolute Gasteiger partial charge is 0.330 e. The highest BCUT2D eigenvalue weighted by molar-refractivity contribution is 9.10. The topological polar surface area (TPSA) is 45.8 Å². The summed E-state index contributed by atoms with van der Waals surface area (Å²) in [5, 5.41) is 0. The van der Waals surface area contributed by atoms with Crippen molar-refractivity contribution in [2.24, 2.45) is 0 Å². The van der Waals surface area contributed by atoms with E-state index in [9.17, 15) is 4.79 Å². The van der Waals surface area contributed by atoms with Gasteiger partial charge in [-0.25, -0.2) is 4.98 Å². The molecule has 1 heterocycles. The van der Waals surface area contributed by atoms with Crippen LogP contribution in [0.15, 0.2) is 33.3 Å². The number of carbonyl (C=O) groups excluding carboxylic acids is 1. The van der Waals surface area contributed by atoms with Gasteiger partial charge in [0.15, 0.2) is 12.1 Å². The van der Waals surface area contributed by atoms with Gasteiger partial charge in [0.05, 0.1) is 0 Å². The molecule has 0 radical (unpaired) electrons. The van der Waals surface area contributed by atoms with E-state index in [1.165, 1.54) is 0 Å². The summed E-state index contributed by atoms with van der Waals surface area (Å²) in [4.78, 5) is 17.5. The number of benzene rings is 1. The molecule has 0 aliphatic carbocycles. The molecule has 0 amide bonds. The molecule has 0 saturated carbocycles. The maximum Gasteiger partial charge on any atom is 0.185 e. The van der Waals surface area contributed by atoms with Crippen molar-refractivity contribution >= 4 is 38.1 Å². The van der Waals surface area contributed by atoms with Gasteiger partial charge >= 0.3 is 0 Å². The van der Waals surface area contributed by atoms with Gasteiger partial charge in [0.2, 0.25) is 0 Å². The molecule has 5 heteroatoms. The summed E-state index contributed by atoms with van der Waals surface area (Å²) in [7, 11) is 0. The minimum atomic E-state index is 0.317. The Kier molecular flexibility index (Phi) is 3.02. The zero-order valence-corrected chi connectivity index (χ0v) is 10.7. The van der Waals surface area contributed by atoms with Crippen molar-refractivity contribution < 1.29 is 4.79 Å². The number of aromatic nitrogens is 2. The second kappa shape index (κ2) is 4.28. The number of nitrogens with one attached hydrogen (secondary N) is 1. The lowest BCUT2D eigenvalue weighted by molar-refractivity contribution is 0.111. The Morgan fingerprint density at radius 2 is 2.13 bits per heavy atom. The molecule has 1 aromatic carbocycles. The quantitative estimate of drug-likeness (QED) is 0.858. The number of hydrogen-bond acceptors (Lipinski definition) is 2. The fourth-order valence-corrected chi connectivity index (χ4v) is 2.17. The van der Waals surface area contributed by atoms with Crippen LogP contribution in [0, 0.1) is 0 Å². The minimum Gasteiger partial charge on any atom is -0.330 e. The van der Waals surface area contributed by atoms with Crippen molar-refractivity contribution in [1.82, 2.24) is 9.97 Å². The van der Waals surface area contributed by atoms with Crippen LogP contribution in [-0.2, 0) is 0 Å². The first-order valence-corrected chi connectivity index (χ1v) is 5.76. The van der Waals surface area contributed by atoms with E-state index in [1.54, 1.807) is 0 Å². The second-order valence-corrected chi connectivity index (χ2v) is 4.62. The van der Waals surface area contributed by atoms with Gasteiger partial charge < -0.3 is 4.98 Å². The fraction of sp³-hybridized carbons (Fsp3) is 0. The summed E-state index contributed by atoms with van der Waals surface area (Å²) in [5.74, 6) is 0.317. The third kappa shape index (κ3) is 2.18. The number of hydrogen-bond donors (Lipinski definition) is 1. The number of aromatic amines is 1. The maximum atomic E-state index is 10.5. The molecule has 3 nitrogen and oxygen atoms in total. The van der Waals surface area contributed by atoms with E-state index >= 15 is 0 Å². The molecule has 0 aliphatic heterocycles. The molecule has 0 saturated heterocycles. The first-order valence-electron chi connectivity index (χ1n) is 4.17. The van der Waals surface area contributed by atoms with Gasteiger partial charge in [-0.3, -0.25) is 4.79 Å². The Bertz CT molecular complexity index is 508. The van der Waals surface area contributed by atoms with Crippen LogP contribution in [-0.4, -0.2) is 16.3 Å². The molecule has 0 bridgehead atoms. The summed E-state index contributed by atoms with van der Waals surface area (Å²) in [5.41, 5.74) is 1.68. The molecule has 1 N–H and O–H groups in total. The molecule has 2 aromatic rings. The zero-order valence-electron chi connectivity index (χ0n) is 7.50. The number of carbonyl (C=O) groups is 1. The summed E-state index contributed by atoms with van der Waals surface area (Å²) >= 11 is 6.71. The van der Waals surface area contributed by atoms with Crippen molar-refractivity contribution in [1.29, 1.82) is 0 Å². The van der Waals surface area contributed by atoms with Gasteiger partial charge in [0.1, 0.15) is 10.3 Å². The molecule has 1 aromatic heterocycles. The van der Waals surface area contributed by atoms with Gasteiger partial charge in [-0.2, -0.15) is 0 Å². The molecular weight excluding hydrogens is 324 g/mol. The van der Waals surface area contributed by atoms with Gasteiger partial charge in [0.25, 0.3) is 0 Å². The smallest absolute Gasteiger partial charge is 0.185 e. The lowest BCUT2D eigenvalue weighted by Crippen LogP contribution is -1.81. The maximum absolute atomic E-state index is 10.5. The summed E-state index contributed by atoms with van der Waals surface area (Å²) in [6, 6.07) is 7.72. The van der Waals surface area contributed by atoms with Crippen LogP contribution in [0.4, 0.5) is 0 Å². The Morgan fingerprint density at radius 3 is 2.73 bits per heavy atom. The van der Waals surface area contributed by atoms with E-state index in [2.05, 4.69) is 41.8 Å². The highest BCUT2D eigenvalue weighted by atomic mass is 79.9. The number of rotatable bonds is 2. The van der Waals surface area contributed by atoms with Crippen LogP contribution in [0.1, 0.15) is 10.6 Å². The molecule has 0 unspecified atom stereocenters. The highest BCUT2D eigenvalue weighted by Gasteiger charge is 2.09. The van der Waals surface area contributed by atoms with E-state index in [0.717, 1.165) is 15.7 Å². The predicted octanol–water partition coefficient (Wildman–Crippen LogP) is 3.41. The molecule has 76 valence electrons. The van der Waals surface area contributed by atoms with Crippen molar-refractivity contribution in [2.45, 2.75) is 0 Å². The molecule has 0 atom stereocenters. The zero-order chi connectivity index (χ0) is 10.8. The highest BCUT2D eigenvalue weighted by Crippen LogP contribution is 2.27. The van der Waals surface area contributed by atoms with Gasteiger partial charge in [-0.15, -0.1) is 0 Å². The van der Waals surface area contributed by atoms with E-state index in [1.807, 2.05) is 24.3 Å². The van der Waals surface area contributed by atoms with Gasteiger partial charge in [0, 0.05) is 10.0 Å². The van der Waals surface area contributed by atoms with Crippen molar-refractivity contribution in [2.75, 3.05) is 0 Å². The van der Waals surface area contributed by atoms with Crippen LogP contribution < -0.4 is 0 Å². The van der Waals surface area contributed by atoms with Crippen molar-refractivity contribution in [3.8, 4) is 11.3 Å².